The fourth-order valence-electron chi connectivity index (χ4n) is 2.37. The van der Waals surface area contributed by atoms with Crippen LogP contribution in [0.5, 0.6) is 0 Å². The minimum Gasteiger partial charge on any atom is -0.383 e. The summed E-state index contributed by atoms with van der Waals surface area (Å²) in [7, 11) is 1.57. The number of nitrogens with one attached hydrogen (secondary N) is 1. The Labute approximate surface area is 123 Å². The Bertz CT molecular complexity index is 548. The number of aryl methyl sites for hydroxylation is 1. The van der Waals surface area contributed by atoms with E-state index in [1.165, 1.54) is 18.2 Å². The van der Waals surface area contributed by atoms with E-state index < -0.39 is 0 Å². The molecule has 1 aromatic rings. The first kappa shape index (κ1) is 15.4. The lowest BCUT2D eigenvalue weighted by atomic mass is 10.1. The average Bonchev–Trinajstić information content (AvgIpc) is 2.81. The van der Waals surface area contributed by atoms with Gasteiger partial charge in [-0.2, -0.15) is 0 Å². The summed E-state index contributed by atoms with van der Waals surface area (Å²) < 4.78 is 18.0. The van der Waals surface area contributed by atoms with Crippen LogP contribution in [0.4, 0.5) is 10.1 Å². The Morgan fingerprint density at radius 1 is 1.52 bits per heavy atom. The van der Waals surface area contributed by atoms with Gasteiger partial charge in [-0.25, -0.2) is 4.39 Å². The quantitative estimate of drug-likeness (QED) is 0.896. The third-order valence-electron chi connectivity index (χ3n) is 3.60. The van der Waals surface area contributed by atoms with Crippen LogP contribution in [-0.2, 0) is 14.3 Å². The molecule has 1 aliphatic rings. The lowest BCUT2D eigenvalue weighted by Gasteiger charge is -2.16. The molecule has 0 bridgehead atoms. The first-order chi connectivity index (χ1) is 10.0. The minimum absolute atomic E-state index is 0.0389. The molecule has 1 fully saturated rings. The van der Waals surface area contributed by atoms with Crippen molar-refractivity contribution in [2.45, 2.75) is 13.3 Å². The van der Waals surface area contributed by atoms with Gasteiger partial charge in [-0.1, -0.05) is 0 Å². The molecule has 1 atom stereocenters. The van der Waals surface area contributed by atoms with Crippen LogP contribution in [0.1, 0.15) is 12.0 Å². The van der Waals surface area contributed by atoms with E-state index in [0.29, 0.717) is 30.9 Å². The molecule has 1 N–H and O–H groups in total. The molecular weight excluding hydrogens is 275 g/mol. The number of methoxy groups -OCH3 is 1. The zero-order chi connectivity index (χ0) is 15.4. The van der Waals surface area contributed by atoms with Gasteiger partial charge in [-0.15, -0.1) is 0 Å². The second-order valence-corrected chi connectivity index (χ2v) is 5.18. The summed E-state index contributed by atoms with van der Waals surface area (Å²) in [6, 6.07) is 4.19. The van der Waals surface area contributed by atoms with Crippen LogP contribution in [0.3, 0.4) is 0 Å². The molecule has 1 aliphatic heterocycles. The summed E-state index contributed by atoms with van der Waals surface area (Å²) in [4.78, 5) is 25.6. The number of ether oxygens (including phenoxy) is 1. The van der Waals surface area contributed by atoms with Gasteiger partial charge in [-0.05, 0) is 30.7 Å². The monoisotopic (exact) mass is 294 g/mol. The number of likely N-dealkylation sites (tertiary alicyclic amines) is 1. The molecule has 21 heavy (non-hydrogen) atoms. The van der Waals surface area contributed by atoms with Crippen LogP contribution in [0.15, 0.2) is 18.2 Å². The van der Waals surface area contributed by atoms with Crippen LogP contribution < -0.4 is 5.32 Å². The van der Waals surface area contributed by atoms with Gasteiger partial charge >= 0.3 is 0 Å². The molecule has 0 aliphatic carbocycles. The summed E-state index contributed by atoms with van der Waals surface area (Å²) in [5, 5.41) is 2.76. The number of amides is 2. The first-order valence-corrected chi connectivity index (χ1v) is 6.85. The van der Waals surface area contributed by atoms with Crippen LogP contribution in [-0.4, -0.2) is 43.5 Å². The second kappa shape index (κ2) is 6.67. The van der Waals surface area contributed by atoms with Crippen molar-refractivity contribution < 1.29 is 18.7 Å². The molecular formula is C15H19FN2O3. The van der Waals surface area contributed by atoms with E-state index >= 15 is 0 Å². The fourth-order valence-corrected chi connectivity index (χ4v) is 2.37. The number of benzene rings is 1. The van der Waals surface area contributed by atoms with Crippen molar-refractivity contribution in [1.82, 2.24) is 4.90 Å². The number of halogens is 1. The number of hydrogen-bond donors (Lipinski definition) is 1. The average molecular weight is 294 g/mol. The largest absolute Gasteiger partial charge is 0.383 e. The van der Waals surface area contributed by atoms with Gasteiger partial charge < -0.3 is 15.0 Å². The predicted octanol–water partition coefficient (Wildman–Crippen LogP) is 1.57. The van der Waals surface area contributed by atoms with Gasteiger partial charge in [-0.3, -0.25) is 9.59 Å². The molecule has 0 spiro atoms. The van der Waals surface area contributed by atoms with Gasteiger partial charge in [0.2, 0.25) is 11.8 Å². The third kappa shape index (κ3) is 3.78. The molecule has 0 aromatic heterocycles. The van der Waals surface area contributed by atoms with E-state index in [1.54, 1.807) is 18.9 Å². The molecule has 1 aromatic carbocycles. The summed E-state index contributed by atoms with van der Waals surface area (Å²) in [5.41, 5.74) is 1.23. The van der Waals surface area contributed by atoms with Crippen molar-refractivity contribution >= 4 is 17.5 Å². The van der Waals surface area contributed by atoms with E-state index in [4.69, 9.17) is 4.74 Å². The molecule has 2 amide bonds. The maximum atomic E-state index is 13.0. The molecule has 0 saturated carbocycles. The van der Waals surface area contributed by atoms with E-state index in [2.05, 4.69) is 5.32 Å². The summed E-state index contributed by atoms with van der Waals surface area (Å²) in [5.74, 6) is -0.966. The molecule has 0 unspecified atom stereocenters. The molecule has 2 rings (SSSR count). The minimum atomic E-state index is -0.376. The van der Waals surface area contributed by atoms with Crippen LogP contribution in [0, 0.1) is 18.7 Å². The van der Waals surface area contributed by atoms with E-state index in [1.807, 2.05) is 0 Å². The number of anilines is 1. The van der Waals surface area contributed by atoms with E-state index in [9.17, 15) is 14.0 Å². The van der Waals surface area contributed by atoms with Crippen molar-refractivity contribution in [2.24, 2.45) is 5.92 Å². The topological polar surface area (TPSA) is 58.6 Å². The van der Waals surface area contributed by atoms with Gasteiger partial charge in [0.15, 0.2) is 0 Å². The first-order valence-electron chi connectivity index (χ1n) is 6.85. The Morgan fingerprint density at radius 3 is 2.95 bits per heavy atom. The Balaban J connectivity index is 1.96. The number of rotatable bonds is 5. The Kier molecular flexibility index (Phi) is 4.90. The van der Waals surface area contributed by atoms with Crippen LogP contribution in [0.2, 0.25) is 0 Å². The maximum Gasteiger partial charge on any atom is 0.229 e. The highest BCUT2D eigenvalue weighted by atomic mass is 19.1. The fraction of sp³-hybridized carbons (Fsp3) is 0.467. The van der Waals surface area contributed by atoms with Crippen LogP contribution in [0.25, 0.3) is 0 Å². The maximum absolute atomic E-state index is 13.0. The zero-order valence-corrected chi connectivity index (χ0v) is 12.2. The smallest absolute Gasteiger partial charge is 0.229 e. The zero-order valence-electron chi connectivity index (χ0n) is 12.2. The highest BCUT2D eigenvalue weighted by Gasteiger charge is 2.34. The van der Waals surface area contributed by atoms with Gasteiger partial charge in [0.1, 0.15) is 5.82 Å². The van der Waals surface area contributed by atoms with Crippen molar-refractivity contribution in [3.63, 3.8) is 0 Å². The summed E-state index contributed by atoms with van der Waals surface area (Å²) >= 11 is 0. The van der Waals surface area contributed by atoms with Crippen molar-refractivity contribution in [3.8, 4) is 0 Å². The summed E-state index contributed by atoms with van der Waals surface area (Å²) in [6.45, 7) is 3.07. The predicted molar refractivity (Wildman–Crippen MR) is 76.3 cm³/mol. The SMILES string of the molecule is COCCN1C[C@@H](C(=O)Nc2ccc(F)cc2C)CC1=O. The number of carbonyl (C=O) groups excluding carboxylic acids is 2. The van der Waals surface area contributed by atoms with Gasteiger partial charge in [0.05, 0.1) is 12.5 Å². The van der Waals surface area contributed by atoms with Crippen molar-refractivity contribution in [1.29, 1.82) is 0 Å². The normalized spacial score (nSPS) is 18.1. The Hall–Kier alpha value is -1.95. The number of nitrogens with zero attached hydrogens (tertiary/aromatic N) is 1. The number of hydrogen-bond acceptors (Lipinski definition) is 3. The molecule has 0 radical (unpaired) electrons. The molecule has 1 heterocycles. The van der Waals surface area contributed by atoms with E-state index in [0.717, 1.165) is 0 Å². The standard InChI is InChI=1S/C15H19FN2O3/c1-10-7-12(16)3-4-13(10)17-15(20)11-8-14(19)18(9-11)5-6-21-2/h3-4,7,11H,5-6,8-9H2,1-2H3,(H,17,20)/t11-/m0/s1. The summed E-state index contributed by atoms with van der Waals surface area (Å²) in [6.07, 6.45) is 0.204. The lowest BCUT2D eigenvalue weighted by Crippen LogP contribution is -2.30. The Morgan fingerprint density at radius 2 is 2.29 bits per heavy atom. The highest BCUT2D eigenvalue weighted by molar-refractivity contribution is 5.97. The van der Waals surface area contributed by atoms with Gasteiger partial charge in [0, 0.05) is 32.3 Å². The van der Waals surface area contributed by atoms with Crippen LogP contribution >= 0.6 is 0 Å². The lowest BCUT2D eigenvalue weighted by molar-refractivity contribution is -0.128. The molecule has 5 nitrogen and oxygen atoms in total. The molecule has 6 heteroatoms. The van der Waals surface area contributed by atoms with E-state index in [-0.39, 0.29) is 30.0 Å². The highest BCUT2D eigenvalue weighted by Crippen LogP contribution is 2.21. The van der Waals surface area contributed by atoms with Crippen molar-refractivity contribution in [3.05, 3.63) is 29.6 Å². The van der Waals surface area contributed by atoms with Gasteiger partial charge in [0.25, 0.3) is 0 Å². The van der Waals surface area contributed by atoms with Crippen molar-refractivity contribution in [2.75, 3.05) is 32.1 Å². The second-order valence-electron chi connectivity index (χ2n) is 5.18. The molecule has 1 saturated heterocycles. The molecule has 114 valence electrons. The third-order valence-corrected chi connectivity index (χ3v) is 3.60. The number of carbonyl (C=O) groups is 2.